The van der Waals surface area contributed by atoms with E-state index >= 15 is 0 Å². The molecular weight excluding hydrogens is 470 g/mol. The van der Waals surface area contributed by atoms with Crippen molar-refractivity contribution in [3.63, 3.8) is 0 Å². The molecule has 0 bridgehead atoms. The maximum absolute atomic E-state index is 13.2. The second-order valence-electron chi connectivity index (χ2n) is 8.49. The molecule has 0 radical (unpaired) electrons. The van der Waals surface area contributed by atoms with Crippen LogP contribution < -0.4 is 11.1 Å². The quantitative estimate of drug-likeness (QED) is 0.478. The molecule has 4 rings (SSSR count). The molecule has 10 heteroatoms. The molecule has 1 fully saturated rings. The number of nitrogens with zero attached hydrogens (tertiary/aromatic N) is 2. The van der Waals surface area contributed by atoms with Gasteiger partial charge in [-0.2, -0.15) is 0 Å². The lowest BCUT2D eigenvalue weighted by Gasteiger charge is -2.30. The molecule has 8 nitrogen and oxygen atoms in total. The summed E-state index contributed by atoms with van der Waals surface area (Å²) in [5, 5.41) is 6.36. The Morgan fingerprint density at radius 3 is 2.19 bits per heavy atom. The maximum Gasteiger partial charge on any atom is 0.405 e. The molecule has 2 amide bonds. The Hall–Kier alpha value is -3.79. The van der Waals surface area contributed by atoms with Crippen molar-refractivity contribution in [2.75, 3.05) is 25.0 Å². The molecule has 0 atom stereocenters. The summed E-state index contributed by atoms with van der Waals surface area (Å²) in [7, 11) is 0. The number of aromatic nitrogens is 1. The van der Waals surface area contributed by atoms with Gasteiger partial charge in [0.15, 0.2) is 11.9 Å². The lowest BCUT2D eigenvalue weighted by atomic mass is 9.94. The minimum Gasteiger partial charge on any atom is -0.437 e. The summed E-state index contributed by atoms with van der Waals surface area (Å²) in [5.41, 5.74) is 5.75. The summed E-state index contributed by atoms with van der Waals surface area (Å²) < 4.78 is 36.0. The van der Waals surface area contributed by atoms with E-state index in [2.05, 4.69) is 26.8 Å². The van der Waals surface area contributed by atoms with E-state index in [1.54, 1.807) is 18.2 Å². The molecule has 0 saturated carbocycles. The molecule has 2 heterocycles. The van der Waals surface area contributed by atoms with Gasteiger partial charge in [0, 0.05) is 6.07 Å². The molecule has 3 aromatic rings. The van der Waals surface area contributed by atoms with Crippen LogP contribution in [0.3, 0.4) is 0 Å². The number of rotatable bonds is 7. The molecular formula is C26H30F2N4O4. The maximum atomic E-state index is 13.2. The number of nitrogens with one attached hydrogen (secondary N) is 1. The fourth-order valence-corrected chi connectivity index (χ4v) is 4.00. The molecule has 1 aliphatic heterocycles. The van der Waals surface area contributed by atoms with Crippen molar-refractivity contribution in [1.82, 2.24) is 10.1 Å². The van der Waals surface area contributed by atoms with E-state index < -0.39 is 23.8 Å². The van der Waals surface area contributed by atoms with Gasteiger partial charge in [-0.3, -0.25) is 9.69 Å². The molecule has 0 spiro atoms. The minimum atomic E-state index is -1.02. The second-order valence-corrected chi connectivity index (χ2v) is 8.49. The molecule has 192 valence electrons. The number of halogens is 2. The van der Waals surface area contributed by atoms with Gasteiger partial charge >= 0.3 is 6.09 Å². The predicted octanol–water partition coefficient (Wildman–Crippen LogP) is 4.88. The minimum absolute atomic E-state index is 0.0196. The number of nitrogens with two attached hydrogens (primary N) is 1. The van der Waals surface area contributed by atoms with Crippen molar-refractivity contribution in [2.45, 2.75) is 32.3 Å². The van der Waals surface area contributed by atoms with E-state index in [1.165, 1.54) is 61.9 Å². The van der Waals surface area contributed by atoms with Gasteiger partial charge in [-0.05, 0) is 67.2 Å². The molecule has 2 aromatic carbocycles. The van der Waals surface area contributed by atoms with E-state index in [9.17, 15) is 18.4 Å². The normalized spacial score (nSPS) is 14.1. The van der Waals surface area contributed by atoms with Gasteiger partial charge in [0.1, 0.15) is 17.9 Å². The Kier molecular flexibility index (Phi) is 9.93. The first-order chi connectivity index (χ1) is 17.3. The van der Waals surface area contributed by atoms with Crippen molar-refractivity contribution in [1.29, 1.82) is 0 Å². The number of likely N-dealkylation sites (tertiary alicyclic amines) is 1. The van der Waals surface area contributed by atoms with Crippen molar-refractivity contribution < 1.29 is 27.6 Å². The van der Waals surface area contributed by atoms with Crippen molar-refractivity contribution in [3.8, 4) is 0 Å². The Bertz CT molecular complexity index is 1070. The molecule has 36 heavy (non-hydrogen) atoms. The van der Waals surface area contributed by atoms with E-state index in [-0.39, 0.29) is 5.91 Å². The summed E-state index contributed by atoms with van der Waals surface area (Å²) in [6.07, 6.45) is 3.14. The zero-order valence-electron chi connectivity index (χ0n) is 20.0. The van der Waals surface area contributed by atoms with Gasteiger partial charge in [0.05, 0.1) is 6.54 Å². The van der Waals surface area contributed by atoms with Crippen LogP contribution in [0.4, 0.5) is 19.4 Å². The van der Waals surface area contributed by atoms with Gasteiger partial charge in [0.25, 0.3) is 0 Å². The Labute approximate surface area is 208 Å². The number of piperidine rings is 1. The van der Waals surface area contributed by atoms with Crippen LogP contribution in [-0.2, 0) is 9.53 Å². The van der Waals surface area contributed by atoms with Crippen LogP contribution in [0.1, 0.15) is 43.4 Å². The molecule has 0 unspecified atom stereocenters. The molecule has 0 aliphatic carbocycles. The summed E-state index contributed by atoms with van der Waals surface area (Å²) >= 11 is 0. The van der Waals surface area contributed by atoms with Crippen LogP contribution >= 0.6 is 0 Å². The topological polar surface area (TPSA) is 111 Å². The summed E-state index contributed by atoms with van der Waals surface area (Å²) in [4.78, 5) is 24.8. The third-order valence-electron chi connectivity index (χ3n) is 5.89. The average molecular weight is 501 g/mol. The van der Waals surface area contributed by atoms with Gasteiger partial charge in [0.2, 0.25) is 5.91 Å². The fourth-order valence-electron chi connectivity index (χ4n) is 4.00. The smallest absolute Gasteiger partial charge is 0.405 e. The van der Waals surface area contributed by atoms with Gasteiger partial charge in [-0.25, -0.2) is 13.6 Å². The number of hydrogen-bond donors (Lipinski definition) is 2. The van der Waals surface area contributed by atoms with E-state index in [0.717, 1.165) is 19.0 Å². The Morgan fingerprint density at radius 1 is 1.11 bits per heavy atom. The monoisotopic (exact) mass is 500 g/mol. The van der Waals surface area contributed by atoms with Crippen LogP contribution in [0.25, 0.3) is 0 Å². The third-order valence-corrected chi connectivity index (χ3v) is 5.89. The lowest BCUT2D eigenvalue weighted by Crippen LogP contribution is -2.39. The largest absolute Gasteiger partial charge is 0.437 e. The van der Waals surface area contributed by atoms with Gasteiger partial charge in [-0.15, -0.1) is 0 Å². The summed E-state index contributed by atoms with van der Waals surface area (Å²) in [5.74, 6) is 0.344. The van der Waals surface area contributed by atoms with E-state index in [0.29, 0.717) is 23.5 Å². The zero-order chi connectivity index (χ0) is 25.9. The lowest BCUT2D eigenvalue weighted by molar-refractivity contribution is -0.117. The Balaban J connectivity index is 0.000000202. The third kappa shape index (κ3) is 8.46. The number of ether oxygens (including phenoxy) is 1. The molecule has 1 aliphatic rings. The van der Waals surface area contributed by atoms with Crippen molar-refractivity contribution in [3.05, 3.63) is 83.6 Å². The highest BCUT2D eigenvalue weighted by Gasteiger charge is 2.20. The summed E-state index contributed by atoms with van der Waals surface area (Å²) in [6.45, 7) is 4.72. The second kappa shape index (κ2) is 13.3. The highest BCUT2D eigenvalue weighted by molar-refractivity contribution is 5.91. The molecule has 1 aromatic heterocycles. The van der Waals surface area contributed by atoms with Crippen LogP contribution in [-0.4, -0.2) is 41.7 Å². The average Bonchev–Trinajstić information content (AvgIpc) is 3.36. The predicted molar refractivity (Wildman–Crippen MR) is 130 cm³/mol. The van der Waals surface area contributed by atoms with E-state index in [4.69, 9.17) is 10.5 Å². The Morgan fingerprint density at radius 2 is 1.72 bits per heavy atom. The standard InChI is InChI=1S/C14H11F2NO2.C12H19N3O2/c15-11-5-1-3-9(7-11)13(19-14(17)18)10-4-2-6-12(16)8-10;1-2-10-3-6-15(7-4-10)9-12(16)13-11-5-8-17-14-11/h1-8,13H,(H2,17,18);5,8,10H,2-4,6-7,9H2,1H3,(H,13,14,16). The number of carbonyl (C=O) groups excluding carboxylic acids is 2. The molecule has 3 N–H and O–H groups in total. The first-order valence-electron chi connectivity index (χ1n) is 11.7. The number of primary amides is 1. The first kappa shape index (κ1) is 26.8. The molecule has 1 saturated heterocycles. The number of carbonyl (C=O) groups is 2. The van der Waals surface area contributed by atoms with Crippen LogP contribution in [0.15, 0.2) is 65.4 Å². The fraction of sp³-hybridized carbons (Fsp3) is 0.346. The summed E-state index contributed by atoms with van der Waals surface area (Å²) in [6, 6.07) is 12.7. The van der Waals surface area contributed by atoms with Crippen LogP contribution in [0.2, 0.25) is 0 Å². The number of anilines is 1. The number of amides is 2. The highest BCUT2D eigenvalue weighted by atomic mass is 19.1. The van der Waals surface area contributed by atoms with Gasteiger partial charge in [-0.1, -0.05) is 42.8 Å². The number of hydrogen-bond acceptors (Lipinski definition) is 6. The van der Waals surface area contributed by atoms with Crippen molar-refractivity contribution >= 4 is 17.8 Å². The highest BCUT2D eigenvalue weighted by Crippen LogP contribution is 2.27. The van der Waals surface area contributed by atoms with Crippen molar-refractivity contribution in [2.24, 2.45) is 11.7 Å². The van der Waals surface area contributed by atoms with Crippen LogP contribution in [0.5, 0.6) is 0 Å². The number of benzene rings is 2. The zero-order valence-corrected chi connectivity index (χ0v) is 20.0. The van der Waals surface area contributed by atoms with Gasteiger partial charge < -0.3 is 20.3 Å². The first-order valence-corrected chi connectivity index (χ1v) is 11.7. The van der Waals surface area contributed by atoms with Crippen LogP contribution in [0, 0.1) is 17.6 Å². The van der Waals surface area contributed by atoms with E-state index in [1.807, 2.05) is 0 Å². The SMILES string of the molecule is CCC1CCN(CC(=O)Nc2ccon2)CC1.NC(=O)OC(c1cccc(F)c1)c1cccc(F)c1.